The minimum atomic E-state index is 0.0139. The highest BCUT2D eigenvalue weighted by molar-refractivity contribution is 4.61. The van der Waals surface area contributed by atoms with Crippen molar-refractivity contribution < 1.29 is 9.83 Å². The smallest absolute Gasteiger partial charge is 0.170 e. The first-order chi connectivity index (χ1) is 5.67. The Morgan fingerprint density at radius 1 is 1.33 bits per heavy atom. The van der Waals surface area contributed by atoms with E-state index < -0.39 is 0 Å². The molecule has 0 saturated heterocycles. The topological polar surface area (TPSA) is 55.4 Å². The summed E-state index contributed by atoms with van der Waals surface area (Å²) in [4.78, 5) is 0.641. The average molecular weight is 173 g/mol. The zero-order chi connectivity index (χ0) is 9.56. The second-order valence-corrected chi connectivity index (χ2v) is 2.22. The highest BCUT2D eigenvalue weighted by Gasteiger charge is 2.14. The fourth-order valence-corrected chi connectivity index (χ4v) is 0.787. The number of hydrazine groups is 1. The van der Waals surface area contributed by atoms with Crippen LogP contribution in [0.25, 0.3) is 0 Å². The standard InChI is InChI=1S/C7H15N3O2/c1-4-7-9(11)10(12)8(5-2)6-3/h4H,1,5-7H2,2-3H3/b10-9+. The zero-order valence-corrected chi connectivity index (χ0v) is 7.56. The average Bonchev–Trinajstić information content (AvgIpc) is 2.07. The van der Waals surface area contributed by atoms with Gasteiger partial charge >= 0.3 is 0 Å². The third-order valence-corrected chi connectivity index (χ3v) is 1.45. The molecule has 0 saturated carbocycles. The summed E-state index contributed by atoms with van der Waals surface area (Å²) in [6, 6.07) is 0. The fourth-order valence-electron chi connectivity index (χ4n) is 0.787. The van der Waals surface area contributed by atoms with Crippen LogP contribution in [0.2, 0.25) is 0 Å². The number of rotatable bonds is 5. The van der Waals surface area contributed by atoms with E-state index in [1.807, 2.05) is 13.8 Å². The normalized spacial score (nSPS) is 12.2. The first-order valence-electron chi connectivity index (χ1n) is 3.94. The molecule has 0 radical (unpaired) electrons. The third-order valence-electron chi connectivity index (χ3n) is 1.45. The number of hydrogen-bond donors (Lipinski definition) is 0. The van der Waals surface area contributed by atoms with E-state index in [-0.39, 0.29) is 6.54 Å². The molecule has 0 aliphatic heterocycles. The lowest BCUT2D eigenvalue weighted by Gasteiger charge is -2.12. The van der Waals surface area contributed by atoms with Gasteiger partial charge in [0.25, 0.3) is 0 Å². The van der Waals surface area contributed by atoms with Gasteiger partial charge in [0.1, 0.15) is 13.1 Å². The van der Waals surface area contributed by atoms with Crippen LogP contribution in [0, 0.1) is 10.4 Å². The van der Waals surface area contributed by atoms with Crippen LogP contribution in [0.1, 0.15) is 13.8 Å². The second kappa shape index (κ2) is 5.40. The molecule has 0 aliphatic carbocycles. The molecule has 0 bridgehead atoms. The van der Waals surface area contributed by atoms with Crippen LogP contribution in [-0.4, -0.2) is 34.5 Å². The van der Waals surface area contributed by atoms with Crippen LogP contribution in [0.5, 0.6) is 0 Å². The molecule has 0 N–H and O–H groups in total. The first kappa shape index (κ1) is 10.7. The molecule has 5 heteroatoms. The van der Waals surface area contributed by atoms with Crippen LogP contribution in [-0.2, 0) is 0 Å². The van der Waals surface area contributed by atoms with Gasteiger partial charge in [0.15, 0.2) is 11.5 Å². The maximum atomic E-state index is 11.1. The van der Waals surface area contributed by atoms with E-state index in [4.69, 9.17) is 0 Å². The monoisotopic (exact) mass is 173 g/mol. The third kappa shape index (κ3) is 2.77. The van der Waals surface area contributed by atoms with Crippen LogP contribution in [0.15, 0.2) is 12.7 Å². The summed E-state index contributed by atoms with van der Waals surface area (Å²) >= 11 is 0. The van der Waals surface area contributed by atoms with Gasteiger partial charge < -0.3 is 10.4 Å². The van der Waals surface area contributed by atoms with E-state index in [9.17, 15) is 10.4 Å². The van der Waals surface area contributed by atoms with Gasteiger partial charge in [-0.3, -0.25) is 0 Å². The minimum absolute atomic E-state index is 0.0139. The van der Waals surface area contributed by atoms with Crippen LogP contribution in [0.4, 0.5) is 0 Å². The van der Waals surface area contributed by atoms with E-state index >= 15 is 0 Å². The Bertz CT molecular complexity index is 175. The SMILES string of the molecule is C=CC/[N+]([O-])=[N+](\[O-])N(CC)CC. The number of hydrogen-bond acceptors (Lipinski definition) is 2. The summed E-state index contributed by atoms with van der Waals surface area (Å²) in [5, 5.41) is 23.4. The second-order valence-electron chi connectivity index (χ2n) is 2.22. The van der Waals surface area contributed by atoms with Crippen molar-refractivity contribution >= 4 is 0 Å². The van der Waals surface area contributed by atoms with E-state index in [2.05, 4.69) is 6.58 Å². The van der Waals surface area contributed by atoms with Gasteiger partial charge in [-0.1, -0.05) is 6.58 Å². The molecule has 0 aromatic carbocycles. The van der Waals surface area contributed by atoms with Crippen molar-refractivity contribution in [3.63, 3.8) is 0 Å². The lowest BCUT2D eigenvalue weighted by atomic mass is 10.6. The van der Waals surface area contributed by atoms with Gasteiger partial charge in [0, 0.05) is 0 Å². The molecule has 0 heterocycles. The van der Waals surface area contributed by atoms with Crippen LogP contribution < -0.4 is 0 Å². The molecule has 12 heavy (non-hydrogen) atoms. The minimum Gasteiger partial charge on any atom is -0.662 e. The van der Waals surface area contributed by atoms with Gasteiger partial charge in [-0.2, -0.15) is 0 Å². The molecule has 70 valence electrons. The molecular formula is C7H15N3O2. The molecule has 0 amide bonds. The molecule has 5 nitrogen and oxygen atoms in total. The molecule has 0 spiro atoms. The van der Waals surface area contributed by atoms with Gasteiger partial charge in [-0.15, -0.1) is 0 Å². The van der Waals surface area contributed by atoms with Crippen molar-refractivity contribution in [3.05, 3.63) is 23.1 Å². The molecule has 0 fully saturated rings. The number of hydroxylamine groups is 1. The summed E-state index contributed by atoms with van der Waals surface area (Å²) in [5.41, 5.74) is 0. The van der Waals surface area contributed by atoms with Crippen molar-refractivity contribution in [2.24, 2.45) is 0 Å². The molecule has 0 aromatic rings. The predicted molar refractivity (Wildman–Crippen MR) is 45.2 cm³/mol. The summed E-state index contributed by atoms with van der Waals surface area (Å²) in [5.74, 6) is 0. The van der Waals surface area contributed by atoms with Crippen LogP contribution in [0.3, 0.4) is 0 Å². The molecular weight excluding hydrogens is 158 g/mol. The molecule has 0 aliphatic rings. The maximum Gasteiger partial charge on any atom is 0.170 e. The summed E-state index contributed by atoms with van der Waals surface area (Å²) in [6.07, 6.45) is 1.39. The summed E-state index contributed by atoms with van der Waals surface area (Å²) in [7, 11) is 0. The quantitative estimate of drug-likeness (QED) is 0.268. The highest BCUT2D eigenvalue weighted by atomic mass is 16.6. The molecule has 0 unspecified atom stereocenters. The largest absolute Gasteiger partial charge is 0.662 e. The maximum absolute atomic E-state index is 11.1. The highest BCUT2D eigenvalue weighted by Crippen LogP contribution is 1.89. The van der Waals surface area contributed by atoms with Crippen molar-refractivity contribution in [2.75, 3.05) is 19.6 Å². The summed E-state index contributed by atoms with van der Waals surface area (Å²) < 4.78 is 0. The van der Waals surface area contributed by atoms with Crippen LogP contribution >= 0.6 is 0 Å². The Balaban J connectivity index is 4.37. The van der Waals surface area contributed by atoms with E-state index in [0.29, 0.717) is 22.9 Å². The lowest BCUT2D eigenvalue weighted by Crippen LogP contribution is -2.36. The zero-order valence-electron chi connectivity index (χ0n) is 7.56. The number of nitrogens with zero attached hydrogens (tertiary/aromatic N) is 3. The van der Waals surface area contributed by atoms with Crippen molar-refractivity contribution in [1.82, 2.24) is 5.01 Å². The van der Waals surface area contributed by atoms with E-state index in [0.717, 1.165) is 0 Å². The van der Waals surface area contributed by atoms with Crippen molar-refractivity contribution in [2.45, 2.75) is 13.8 Å². The van der Waals surface area contributed by atoms with Gasteiger partial charge in [-0.05, 0) is 29.8 Å². The van der Waals surface area contributed by atoms with Gasteiger partial charge in [0.2, 0.25) is 0 Å². The van der Waals surface area contributed by atoms with Crippen molar-refractivity contribution in [3.8, 4) is 0 Å². The fraction of sp³-hybridized carbons (Fsp3) is 0.714. The van der Waals surface area contributed by atoms with Crippen molar-refractivity contribution in [1.29, 1.82) is 0 Å². The lowest BCUT2D eigenvalue weighted by molar-refractivity contribution is -1.03. The van der Waals surface area contributed by atoms with E-state index in [1.165, 1.54) is 11.1 Å². The Labute approximate surface area is 72.3 Å². The first-order valence-corrected chi connectivity index (χ1v) is 3.94. The van der Waals surface area contributed by atoms with E-state index in [1.54, 1.807) is 0 Å². The molecule has 0 aromatic heterocycles. The predicted octanol–water partition coefficient (Wildman–Crippen LogP) is 0.902. The Kier molecular flexibility index (Phi) is 4.83. The Hall–Kier alpha value is -1.26. The summed E-state index contributed by atoms with van der Waals surface area (Å²) in [6.45, 7) is 8.06. The molecule has 0 rings (SSSR count). The molecule has 0 atom stereocenters. The Morgan fingerprint density at radius 3 is 2.17 bits per heavy atom. The van der Waals surface area contributed by atoms with Gasteiger partial charge in [-0.25, -0.2) is 0 Å². The Morgan fingerprint density at radius 2 is 1.83 bits per heavy atom. The van der Waals surface area contributed by atoms with Gasteiger partial charge in [0.05, 0.1) is 0 Å².